The van der Waals surface area contributed by atoms with Gasteiger partial charge in [0.2, 0.25) is 5.91 Å². The van der Waals surface area contributed by atoms with E-state index in [2.05, 4.69) is 24.2 Å². The first-order valence-corrected chi connectivity index (χ1v) is 9.47. The first kappa shape index (κ1) is 24.4. The fourth-order valence-electron chi connectivity index (χ4n) is 3.13. The number of nitrogens with zero attached hydrogens (tertiary/aromatic N) is 4. The molecule has 1 aliphatic rings. The Morgan fingerprint density at radius 1 is 1.20 bits per heavy atom. The minimum absolute atomic E-state index is 0. The van der Waals surface area contributed by atoms with Crippen LogP contribution in [-0.2, 0) is 4.79 Å². The Labute approximate surface area is 171 Å². The van der Waals surface area contributed by atoms with Gasteiger partial charge in [-0.1, -0.05) is 0 Å². The summed E-state index contributed by atoms with van der Waals surface area (Å²) in [5.74, 6) is 1.78. The Hall–Kier alpha value is -0.570. The van der Waals surface area contributed by atoms with Gasteiger partial charge >= 0.3 is 0 Å². The quantitative estimate of drug-likeness (QED) is 0.338. The number of aliphatic imine (C=N–C) groups is 1. The van der Waals surface area contributed by atoms with E-state index in [9.17, 15) is 4.79 Å². The van der Waals surface area contributed by atoms with E-state index >= 15 is 0 Å². The van der Waals surface area contributed by atoms with Gasteiger partial charge in [0, 0.05) is 33.2 Å². The molecule has 0 aromatic rings. The third-order valence-electron chi connectivity index (χ3n) is 4.82. The highest BCUT2D eigenvalue weighted by molar-refractivity contribution is 14.0. The monoisotopic (exact) mass is 467 g/mol. The second kappa shape index (κ2) is 13.6. The van der Waals surface area contributed by atoms with Gasteiger partial charge in [-0.05, 0) is 66.1 Å². The van der Waals surface area contributed by atoms with Crippen LogP contribution in [-0.4, -0.2) is 86.5 Å². The van der Waals surface area contributed by atoms with Crippen LogP contribution in [0.2, 0.25) is 0 Å². The van der Waals surface area contributed by atoms with Crippen molar-refractivity contribution in [3.63, 3.8) is 0 Å². The van der Waals surface area contributed by atoms with Crippen molar-refractivity contribution in [3.05, 3.63) is 0 Å². The number of hydrogen-bond donors (Lipinski definition) is 1. The first-order chi connectivity index (χ1) is 11.5. The minimum Gasteiger partial charge on any atom is -0.357 e. The molecule has 0 saturated carbocycles. The van der Waals surface area contributed by atoms with Crippen LogP contribution in [0.25, 0.3) is 0 Å². The molecule has 148 valence electrons. The summed E-state index contributed by atoms with van der Waals surface area (Å²) < 4.78 is 0. The van der Waals surface area contributed by atoms with E-state index in [0.717, 1.165) is 44.5 Å². The van der Waals surface area contributed by atoms with Crippen molar-refractivity contribution in [2.45, 2.75) is 40.0 Å². The van der Waals surface area contributed by atoms with Crippen molar-refractivity contribution in [3.8, 4) is 0 Å². The number of nitrogens with one attached hydrogen (secondary N) is 1. The van der Waals surface area contributed by atoms with Gasteiger partial charge in [0.1, 0.15) is 0 Å². The summed E-state index contributed by atoms with van der Waals surface area (Å²) in [6.07, 6.45) is 3.69. The van der Waals surface area contributed by atoms with Crippen molar-refractivity contribution in [2.24, 2.45) is 10.9 Å². The molecule has 0 spiro atoms. The second-order valence-corrected chi connectivity index (χ2v) is 6.69. The van der Waals surface area contributed by atoms with Crippen LogP contribution < -0.4 is 5.32 Å². The highest BCUT2D eigenvalue weighted by atomic mass is 127. The maximum Gasteiger partial charge on any atom is 0.242 e. The lowest BCUT2D eigenvalue weighted by Gasteiger charge is -2.29. The number of carbonyl (C=O) groups is 1. The highest BCUT2D eigenvalue weighted by Gasteiger charge is 2.17. The van der Waals surface area contributed by atoms with Crippen LogP contribution in [0.1, 0.15) is 40.0 Å². The Morgan fingerprint density at radius 3 is 2.32 bits per heavy atom. The Morgan fingerprint density at radius 2 is 1.80 bits per heavy atom. The fraction of sp³-hybridized carbons (Fsp3) is 0.889. The number of halogens is 1. The lowest BCUT2D eigenvalue weighted by molar-refractivity contribution is -0.131. The van der Waals surface area contributed by atoms with E-state index in [1.807, 2.05) is 30.7 Å². The van der Waals surface area contributed by atoms with E-state index in [1.54, 1.807) is 0 Å². The fourth-order valence-corrected chi connectivity index (χ4v) is 3.13. The molecule has 1 N–H and O–H groups in total. The SMILES string of the molecule is CCNC(=NCCC1CCN(C)CC1)N(C)CC(=O)N(CC)CC.I. The van der Waals surface area contributed by atoms with Gasteiger partial charge in [0.15, 0.2) is 5.96 Å². The maximum absolute atomic E-state index is 12.3. The number of carbonyl (C=O) groups excluding carboxylic acids is 1. The summed E-state index contributed by atoms with van der Waals surface area (Å²) in [6.45, 7) is 12.0. The van der Waals surface area contributed by atoms with Crippen molar-refractivity contribution in [1.29, 1.82) is 0 Å². The summed E-state index contributed by atoms with van der Waals surface area (Å²) >= 11 is 0. The lowest BCUT2D eigenvalue weighted by Crippen LogP contribution is -2.45. The highest BCUT2D eigenvalue weighted by Crippen LogP contribution is 2.19. The summed E-state index contributed by atoms with van der Waals surface area (Å²) in [6, 6.07) is 0. The number of hydrogen-bond acceptors (Lipinski definition) is 3. The molecule has 1 heterocycles. The van der Waals surface area contributed by atoms with Crippen molar-refractivity contribution < 1.29 is 4.79 Å². The number of piperidine rings is 1. The van der Waals surface area contributed by atoms with Gasteiger partial charge in [-0.2, -0.15) is 0 Å². The Bertz CT molecular complexity index is 393. The van der Waals surface area contributed by atoms with E-state index in [0.29, 0.717) is 6.54 Å². The molecule has 1 aliphatic heterocycles. The maximum atomic E-state index is 12.3. The number of likely N-dealkylation sites (tertiary alicyclic amines) is 1. The number of rotatable bonds is 8. The molecule has 7 heteroatoms. The summed E-state index contributed by atoms with van der Waals surface area (Å²) in [4.78, 5) is 23.2. The van der Waals surface area contributed by atoms with Gasteiger partial charge in [-0.15, -0.1) is 24.0 Å². The van der Waals surface area contributed by atoms with E-state index in [4.69, 9.17) is 4.99 Å². The lowest BCUT2D eigenvalue weighted by atomic mass is 9.94. The molecule has 1 rings (SSSR count). The molecule has 1 fully saturated rings. The van der Waals surface area contributed by atoms with E-state index in [1.165, 1.54) is 25.9 Å². The van der Waals surface area contributed by atoms with Crippen molar-refractivity contribution in [2.75, 3.05) is 59.9 Å². The minimum atomic E-state index is 0. The number of likely N-dealkylation sites (N-methyl/N-ethyl adjacent to an activating group) is 2. The normalized spacial score (nSPS) is 16.3. The van der Waals surface area contributed by atoms with Crippen LogP contribution in [0, 0.1) is 5.92 Å². The molecule has 0 aliphatic carbocycles. The van der Waals surface area contributed by atoms with Gasteiger partial charge in [-0.3, -0.25) is 9.79 Å². The molecule has 1 saturated heterocycles. The van der Waals surface area contributed by atoms with E-state index in [-0.39, 0.29) is 29.9 Å². The second-order valence-electron chi connectivity index (χ2n) is 6.69. The molecule has 6 nitrogen and oxygen atoms in total. The molecule has 0 aromatic carbocycles. The van der Waals surface area contributed by atoms with Gasteiger partial charge in [0.05, 0.1) is 6.54 Å². The van der Waals surface area contributed by atoms with Crippen LogP contribution in [0.15, 0.2) is 4.99 Å². The molecule has 0 atom stereocenters. The molecular formula is C18H38IN5O. The average Bonchev–Trinajstić information content (AvgIpc) is 2.56. The molecule has 0 unspecified atom stereocenters. The van der Waals surface area contributed by atoms with Crippen LogP contribution in [0.3, 0.4) is 0 Å². The van der Waals surface area contributed by atoms with Gasteiger partial charge < -0.3 is 20.0 Å². The smallest absolute Gasteiger partial charge is 0.242 e. The number of amides is 1. The van der Waals surface area contributed by atoms with Crippen LogP contribution >= 0.6 is 24.0 Å². The van der Waals surface area contributed by atoms with Crippen LogP contribution in [0.4, 0.5) is 0 Å². The predicted octanol–water partition coefficient (Wildman–Crippen LogP) is 2.10. The molecule has 0 aromatic heterocycles. The largest absolute Gasteiger partial charge is 0.357 e. The topological polar surface area (TPSA) is 51.2 Å². The van der Waals surface area contributed by atoms with Gasteiger partial charge in [0.25, 0.3) is 0 Å². The Balaban J connectivity index is 0.00000576. The first-order valence-electron chi connectivity index (χ1n) is 9.47. The Kier molecular flexibility index (Phi) is 13.3. The van der Waals surface area contributed by atoms with Crippen molar-refractivity contribution >= 4 is 35.8 Å². The molecule has 1 amide bonds. The third-order valence-corrected chi connectivity index (χ3v) is 4.82. The van der Waals surface area contributed by atoms with Gasteiger partial charge in [-0.25, -0.2) is 0 Å². The molecule has 0 bridgehead atoms. The zero-order valence-corrected chi connectivity index (χ0v) is 19.1. The zero-order chi connectivity index (χ0) is 17.9. The van der Waals surface area contributed by atoms with Crippen molar-refractivity contribution in [1.82, 2.24) is 20.0 Å². The molecular weight excluding hydrogens is 429 g/mol. The predicted molar refractivity (Wildman–Crippen MR) is 117 cm³/mol. The van der Waals surface area contributed by atoms with Crippen LogP contribution in [0.5, 0.6) is 0 Å². The zero-order valence-electron chi connectivity index (χ0n) is 16.8. The molecule has 25 heavy (non-hydrogen) atoms. The summed E-state index contributed by atoms with van der Waals surface area (Å²) in [5.41, 5.74) is 0. The molecule has 0 radical (unpaired) electrons. The van der Waals surface area contributed by atoms with E-state index < -0.39 is 0 Å². The third kappa shape index (κ3) is 9.08. The summed E-state index contributed by atoms with van der Waals surface area (Å²) in [7, 11) is 4.14. The number of guanidine groups is 1. The summed E-state index contributed by atoms with van der Waals surface area (Å²) in [5, 5.41) is 3.30. The average molecular weight is 467 g/mol. The standard InChI is InChI=1S/C18H37N5O.HI/c1-6-19-18(22(5)15-17(24)23(7-2)8-3)20-12-9-16-10-13-21(4)14-11-16;/h16H,6-15H2,1-5H3,(H,19,20);1H.